The number of rotatable bonds is 5. The fraction of sp³-hybridized carbons (Fsp3) is 0.211. The smallest absolute Gasteiger partial charge is 0.258 e. The molecule has 1 atom stereocenters. The van der Waals surface area contributed by atoms with Gasteiger partial charge in [-0.15, -0.1) is 0 Å². The third-order valence-electron chi connectivity index (χ3n) is 4.01. The van der Waals surface area contributed by atoms with Crippen molar-refractivity contribution in [2.75, 3.05) is 19.0 Å². The van der Waals surface area contributed by atoms with Gasteiger partial charge in [-0.3, -0.25) is 15.2 Å². The number of H-pyrrole nitrogens is 1. The summed E-state index contributed by atoms with van der Waals surface area (Å²) in [6.07, 6.45) is 0. The number of aromatic amines is 1. The fourth-order valence-corrected chi connectivity index (χ4v) is 2.79. The number of guanidine groups is 1. The van der Waals surface area contributed by atoms with Crippen molar-refractivity contribution in [3.05, 3.63) is 58.4 Å². The van der Waals surface area contributed by atoms with Crippen LogP contribution in [-0.2, 0) is 4.74 Å². The maximum absolute atomic E-state index is 13.9. The van der Waals surface area contributed by atoms with E-state index >= 15 is 0 Å². The fourth-order valence-electron chi connectivity index (χ4n) is 2.63. The minimum absolute atomic E-state index is 0.0435. The van der Waals surface area contributed by atoms with Gasteiger partial charge in [-0.1, -0.05) is 11.6 Å². The summed E-state index contributed by atoms with van der Waals surface area (Å²) in [4.78, 5) is 16.8. The predicted octanol–water partition coefficient (Wildman–Crippen LogP) is 3.87. The van der Waals surface area contributed by atoms with Crippen molar-refractivity contribution < 1.29 is 22.7 Å². The van der Waals surface area contributed by atoms with Crippen molar-refractivity contribution in [1.82, 2.24) is 15.5 Å². The Kier molecular flexibility index (Phi) is 6.58. The molecule has 0 radical (unpaired) electrons. The first-order valence-corrected chi connectivity index (χ1v) is 9.09. The van der Waals surface area contributed by atoms with Crippen LogP contribution < -0.4 is 10.6 Å². The largest absolute Gasteiger partial charge is 0.382 e. The molecule has 30 heavy (non-hydrogen) atoms. The van der Waals surface area contributed by atoms with Gasteiger partial charge in [0.2, 0.25) is 5.96 Å². The molecule has 11 heteroatoms. The number of carbonyl (C=O) groups excluding carboxylic acids is 1. The zero-order valence-electron chi connectivity index (χ0n) is 15.9. The van der Waals surface area contributed by atoms with Gasteiger partial charge in [0, 0.05) is 18.1 Å². The summed E-state index contributed by atoms with van der Waals surface area (Å²) < 4.78 is 45.5. The van der Waals surface area contributed by atoms with Crippen LogP contribution in [0.25, 0.3) is 10.9 Å². The Morgan fingerprint density at radius 3 is 2.70 bits per heavy atom. The van der Waals surface area contributed by atoms with E-state index in [0.717, 1.165) is 18.2 Å². The van der Waals surface area contributed by atoms with Crippen LogP contribution in [0.1, 0.15) is 17.3 Å². The lowest BCUT2D eigenvalue weighted by molar-refractivity contribution is 0.0976. The summed E-state index contributed by atoms with van der Waals surface area (Å²) in [6.45, 7) is 1.98. The molecule has 0 spiro atoms. The van der Waals surface area contributed by atoms with Gasteiger partial charge in [-0.2, -0.15) is 5.10 Å². The lowest BCUT2D eigenvalue weighted by Crippen LogP contribution is -2.37. The minimum Gasteiger partial charge on any atom is -0.382 e. The number of halogens is 4. The molecule has 1 amide bonds. The number of carbonyl (C=O) groups is 1. The van der Waals surface area contributed by atoms with Crippen LogP contribution in [0.3, 0.4) is 0 Å². The van der Waals surface area contributed by atoms with Gasteiger partial charge in [-0.25, -0.2) is 18.2 Å². The molecule has 7 nitrogen and oxygen atoms in total. The lowest BCUT2D eigenvalue weighted by Gasteiger charge is -2.13. The molecule has 0 saturated heterocycles. The van der Waals surface area contributed by atoms with Crippen molar-refractivity contribution >= 4 is 40.2 Å². The summed E-state index contributed by atoms with van der Waals surface area (Å²) >= 11 is 5.77. The van der Waals surface area contributed by atoms with E-state index in [4.69, 9.17) is 16.3 Å². The van der Waals surface area contributed by atoms with Crippen LogP contribution in [0.4, 0.5) is 19.0 Å². The highest BCUT2D eigenvalue weighted by molar-refractivity contribution is 6.31. The van der Waals surface area contributed by atoms with Gasteiger partial charge in [0.1, 0.15) is 5.82 Å². The van der Waals surface area contributed by atoms with Crippen LogP contribution in [0.15, 0.2) is 35.3 Å². The van der Waals surface area contributed by atoms with Crippen molar-refractivity contribution in [2.45, 2.75) is 13.0 Å². The molecule has 0 aliphatic carbocycles. The molecule has 158 valence electrons. The zero-order chi connectivity index (χ0) is 21.8. The second-order valence-corrected chi connectivity index (χ2v) is 6.78. The number of anilines is 1. The number of amides is 1. The molecule has 3 N–H and O–H groups in total. The first kappa shape index (κ1) is 21.6. The summed E-state index contributed by atoms with van der Waals surface area (Å²) in [6, 6.07) is 4.91. The average Bonchev–Trinajstić information content (AvgIpc) is 3.05. The van der Waals surface area contributed by atoms with Crippen molar-refractivity contribution in [1.29, 1.82) is 0 Å². The Labute approximate surface area is 174 Å². The van der Waals surface area contributed by atoms with Crippen molar-refractivity contribution in [2.24, 2.45) is 4.99 Å². The maximum Gasteiger partial charge on any atom is 0.258 e. The molecule has 0 aliphatic rings. The third kappa shape index (κ3) is 4.89. The van der Waals surface area contributed by atoms with E-state index in [2.05, 4.69) is 25.8 Å². The monoisotopic (exact) mass is 439 g/mol. The number of nitrogens with zero attached hydrogens (tertiary/aromatic N) is 2. The highest BCUT2D eigenvalue weighted by Crippen LogP contribution is 2.26. The second kappa shape index (κ2) is 9.14. The van der Waals surface area contributed by atoms with Gasteiger partial charge in [0.05, 0.1) is 23.2 Å². The maximum atomic E-state index is 13.9. The molecular formula is C19H17ClF3N5O2. The lowest BCUT2D eigenvalue weighted by atomic mass is 10.2. The summed E-state index contributed by atoms with van der Waals surface area (Å²) in [7, 11) is 1.49. The SMILES string of the molecule is COC[C@H](C)N=C(NC(=O)c1ccc(F)c(F)c1)Nc1n[nH]c2cc(Cl)c(F)cc12. The molecule has 1 aromatic heterocycles. The molecule has 3 aromatic rings. The second-order valence-electron chi connectivity index (χ2n) is 6.37. The summed E-state index contributed by atoms with van der Waals surface area (Å²) in [5.74, 6) is -3.49. The topological polar surface area (TPSA) is 91.4 Å². The summed E-state index contributed by atoms with van der Waals surface area (Å²) in [5.41, 5.74) is 0.340. The first-order valence-electron chi connectivity index (χ1n) is 8.71. The Morgan fingerprint density at radius 2 is 2.00 bits per heavy atom. The van der Waals surface area contributed by atoms with Crippen molar-refractivity contribution in [3.63, 3.8) is 0 Å². The molecule has 0 fully saturated rings. The molecule has 0 bridgehead atoms. The van der Waals surface area contributed by atoms with E-state index in [9.17, 15) is 18.0 Å². The van der Waals surface area contributed by atoms with E-state index in [1.165, 1.54) is 19.2 Å². The molecular weight excluding hydrogens is 423 g/mol. The number of benzene rings is 2. The third-order valence-corrected chi connectivity index (χ3v) is 4.30. The van der Waals surface area contributed by atoms with E-state index in [0.29, 0.717) is 10.9 Å². The number of aliphatic imine (C=N–C) groups is 1. The van der Waals surface area contributed by atoms with Gasteiger partial charge >= 0.3 is 0 Å². The molecule has 0 unspecified atom stereocenters. The van der Waals surface area contributed by atoms with E-state index in [1.54, 1.807) is 6.92 Å². The molecule has 0 saturated carbocycles. The number of aromatic nitrogens is 2. The summed E-state index contributed by atoms with van der Waals surface area (Å²) in [5, 5.41) is 12.3. The predicted molar refractivity (Wildman–Crippen MR) is 107 cm³/mol. The van der Waals surface area contributed by atoms with E-state index < -0.39 is 23.4 Å². The molecule has 2 aromatic carbocycles. The van der Waals surface area contributed by atoms with Gasteiger partial charge < -0.3 is 10.1 Å². The molecule has 0 aliphatic heterocycles. The standard InChI is InChI=1S/C19H17ClF3N5O2/c1-9(8-30-2)24-19(26-18(29)10-3-4-13(21)15(23)5-10)25-17-11-6-14(22)12(20)7-16(11)27-28-17/h3-7,9H,8H2,1-2H3,(H3,24,25,26,27,28,29)/t9-/m0/s1. The molecule has 3 rings (SSSR count). The quantitative estimate of drug-likeness (QED) is 0.416. The number of hydrogen-bond acceptors (Lipinski definition) is 4. The van der Waals surface area contributed by atoms with Crippen LogP contribution >= 0.6 is 11.6 Å². The van der Waals surface area contributed by atoms with E-state index in [-0.39, 0.29) is 35.0 Å². The van der Waals surface area contributed by atoms with Gasteiger partial charge in [-0.05, 0) is 37.3 Å². The zero-order valence-corrected chi connectivity index (χ0v) is 16.6. The van der Waals surface area contributed by atoms with Crippen LogP contribution in [-0.4, -0.2) is 41.8 Å². The average molecular weight is 440 g/mol. The Morgan fingerprint density at radius 1 is 1.23 bits per heavy atom. The van der Waals surface area contributed by atoms with Crippen LogP contribution in [0.2, 0.25) is 5.02 Å². The van der Waals surface area contributed by atoms with E-state index in [1.807, 2.05) is 0 Å². The normalized spacial score (nSPS) is 12.8. The number of hydrogen-bond donors (Lipinski definition) is 3. The highest BCUT2D eigenvalue weighted by atomic mass is 35.5. The highest BCUT2D eigenvalue weighted by Gasteiger charge is 2.16. The van der Waals surface area contributed by atoms with Crippen LogP contribution in [0.5, 0.6) is 0 Å². The van der Waals surface area contributed by atoms with Gasteiger partial charge in [0.15, 0.2) is 17.5 Å². The van der Waals surface area contributed by atoms with Crippen molar-refractivity contribution in [3.8, 4) is 0 Å². The first-order chi connectivity index (χ1) is 14.3. The molecule has 1 heterocycles. The Bertz CT molecular complexity index is 1120. The number of methoxy groups -OCH3 is 1. The number of fused-ring (bicyclic) bond motifs is 1. The Balaban J connectivity index is 1.90. The Hall–Kier alpha value is -3.11. The van der Waals surface area contributed by atoms with Gasteiger partial charge in [0.25, 0.3) is 5.91 Å². The van der Waals surface area contributed by atoms with Crippen LogP contribution in [0, 0.1) is 17.5 Å². The number of ether oxygens (including phenoxy) is 1. The number of nitrogens with one attached hydrogen (secondary N) is 3. The minimum atomic E-state index is -1.16.